The van der Waals surface area contributed by atoms with E-state index < -0.39 is 0 Å². The number of hydrazone groups is 1. The van der Waals surface area contributed by atoms with Gasteiger partial charge >= 0.3 is 0 Å². The Labute approximate surface area is 199 Å². The number of nitrogens with two attached hydrogens (primary N) is 1. The largest absolute Gasteiger partial charge is 0.493 e. The van der Waals surface area contributed by atoms with Crippen LogP contribution < -0.4 is 20.1 Å². The quantitative estimate of drug-likeness (QED) is 0.681. The van der Waals surface area contributed by atoms with E-state index in [1.807, 2.05) is 24.3 Å². The number of hydrogen-bond acceptors (Lipinski definition) is 8. The van der Waals surface area contributed by atoms with Crippen molar-refractivity contribution in [2.75, 3.05) is 37.9 Å². The number of ether oxygens (including phenoxy) is 2. The van der Waals surface area contributed by atoms with E-state index in [0.29, 0.717) is 11.5 Å². The Morgan fingerprint density at radius 2 is 1.74 bits per heavy atom. The van der Waals surface area contributed by atoms with Crippen molar-refractivity contribution in [2.24, 2.45) is 16.9 Å². The van der Waals surface area contributed by atoms with Crippen LogP contribution in [0.5, 0.6) is 11.5 Å². The fourth-order valence-electron chi connectivity index (χ4n) is 5.21. The van der Waals surface area contributed by atoms with E-state index in [-0.39, 0.29) is 29.7 Å². The number of allylic oxidation sites excluding steroid dienone is 2. The molecule has 2 aliphatic heterocycles. The normalized spacial score (nSPS) is 22.9. The second-order valence-corrected chi connectivity index (χ2v) is 8.88. The van der Waals surface area contributed by atoms with Crippen molar-refractivity contribution in [2.45, 2.75) is 31.7 Å². The van der Waals surface area contributed by atoms with E-state index >= 15 is 0 Å². The summed E-state index contributed by atoms with van der Waals surface area (Å²) >= 11 is 0. The number of anilines is 2. The van der Waals surface area contributed by atoms with Gasteiger partial charge in [-0.05, 0) is 49.9 Å². The van der Waals surface area contributed by atoms with Crippen LogP contribution in [0.15, 0.2) is 47.7 Å². The highest BCUT2D eigenvalue weighted by molar-refractivity contribution is 6.07. The highest BCUT2D eigenvalue weighted by atomic mass is 16.5. The summed E-state index contributed by atoms with van der Waals surface area (Å²) in [6, 6.07) is 7.78. The van der Waals surface area contributed by atoms with Crippen LogP contribution in [0.25, 0.3) is 0 Å². The van der Waals surface area contributed by atoms with Crippen LogP contribution in [0.4, 0.5) is 11.8 Å². The SMILES string of the molecule is COc1ccc(C2=NN(C3CCN(c4ccnc(N)n4)CC3)C(=O)[C@@H]3CC=CC[C@H]23)cc1OC. The van der Waals surface area contributed by atoms with Crippen molar-refractivity contribution >= 4 is 23.4 Å². The lowest BCUT2D eigenvalue weighted by atomic mass is 9.76. The zero-order valence-corrected chi connectivity index (χ0v) is 19.6. The van der Waals surface area contributed by atoms with E-state index in [1.54, 1.807) is 25.4 Å². The van der Waals surface area contributed by atoms with Gasteiger partial charge in [0.15, 0.2) is 11.5 Å². The second-order valence-electron chi connectivity index (χ2n) is 8.88. The Kier molecular flexibility index (Phi) is 6.08. The van der Waals surface area contributed by atoms with Gasteiger partial charge in [0.25, 0.3) is 0 Å². The molecule has 9 nitrogen and oxygen atoms in total. The first-order valence-electron chi connectivity index (χ1n) is 11.7. The van der Waals surface area contributed by atoms with Gasteiger partial charge < -0.3 is 20.1 Å². The van der Waals surface area contributed by atoms with E-state index in [0.717, 1.165) is 55.9 Å². The Morgan fingerprint density at radius 1 is 1.00 bits per heavy atom. The molecule has 1 aromatic carbocycles. The predicted molar refractivity (Wildman–Crippen MR) is 130 cm³/mol. The summed E-state index contributed by atoms with van der Waals surface area (Å²) < 4.78 is 10.9. The van der Waals surface area contributed by atoms with Crippen molar-refractivity contribution < 1.29 is 14.3 Å². The summed E-state index contributed by atoms with van der Waals surface area (Å²) in [4.78, 5) is 24.1. The molecule has 1 saturated heterocycles. The van der Waals surface area contributed by atoms with Crippen LogP contribution in [-0.4, -0.2) is 59.9 Å². The molecule has 3 aliphatic rings. The topological polar surface area (TPSA) is 106 Å². The second kappa shape index (κ2) is 9.32. The zero-order valence-electron chi connectivity index (χ0n) is 19.6. The predicted octanol–water partition coefficient (Wildman–Crippen LogP) is 2.87. The Morgan fingerprint density at radius 3 is 2.44 bits per heavy atom. The van der Waals surface area contributed by atoms with Crippen molar-refractivity contribution in [3.8, 4) is 11.5 Å². The number of rotatable bonds is 5. The summed E-state index contributed by atoms with van der Waals surface area (Å²) in [7, 11) is 3.26. The number of methoxy groups -OCH3 is 2. The van der Waals surface area contributed by atoms with Crippen molar-refractivity contribution in [1.82, 2.24) is 15.0 Å². The number of nitrogen functional groups attached to an aromatic ring is 1. The van der Waals surface area contributed by atoms with Crippen LogP contribution in [-0.2, 0) is 4.79 Å². The van der Waals surface area contributed by atoms with Gasteiger partial charge in [0.2, 0.25) is 11.9 Å². The van der Waals surface area contributed by atoms with Crippen molar-refractivity contribution in [1.29, 1.82) is 0 Å². The van der Waals surface area contributed by atoms with Crippen LogP contribution in [0.1, 0.15) is 31.2 Å². The number of hydrogen-bond donors (Lipinski definition) is 1. The Hall–Kier alpha value is -3.62. The molecule has 1 amide bonds. The molecular formula is C25H30N6O3. The molecule has 0 unspecified atom stereocenters. The van der Waals surface area contributed by atoms with Gasteiger partial charge in [0.05, 0.1) is 31.9 Å². The molecule has 3 heterocycles. The van der Waals surface area contributed by atoms with Crippen molar-refractivity contribution in [3.05, 3.63) is 48.2 Å². The van der Waals surface area contributed by atoms with E-state index in [4.69, 9.17) is 20.3 Å². The third-order valence-corrected chi connectivity index (χ3v) is 7.02. The molecule has 9 heteroatoms. The first kappa shape index (κ1) is 22.2. The first-order valence-corrected chi connectivity index (χ1v) is 11.7. The number of aromatic nitrogens is 2. The number of nitrogens with zero attached hydrogens (tertiary/aromatic N) is 5. The number of amides is 1. The smallest absolute Gasteiger partial charge is 0.247 e. The molecule has 2 N–H and O–H groups in total. The van der Waals surface area contributed by atoms with E-state index in [2.05, 4.69) is 27.0 Å². The van der Waals surface area contributed by atoms with Gasteiger partial charge in [-0.1, -0.05) is 12.2 Å². The molecular weight excluding hydrogens is 432 g/mol. The first-order chi connectivity index (χ1) is 16.6. The third-order valence-electron chi connectivity index (χ3n) is 7.02. The summed E-state index contributed by atoms with van der Waals surface area (Å²) in [5, 5.41) is 6.75. The lowest BCUT2D eigenvalue weighted by Gasteiger charge is -2.42. The summed E-state index contributed by atoms with van der Waals surface area (Å²) in [5.41, 5.74) is 7.67. The molecule has 1 fully saturated rings. The van der Waals surface area contributed by atoms with E-state index in [1.165, 1.54) is 0 Å². The summed E-state index contributed by atoms with van der Waals surface area (Å²) in [6.07, 6.45) is 9.13. The maximum Gasteiger partial charge on any atom is 0.247 e. The molecule has 0 bridgehead atoms. The molecule has 1 aliphatic carbocycles. The van der Waals surface area contributed by atoms with Crippen molar-refractivity contribution in [3.63, 3.8) is 0 Å². The van der Waals surface area contributed by atoms with E-state index in [9.17, 15) is 4.79 Å². The minimum absolute atomic E-state index is 0.0462. The standard InChI is InChI=1S/C25H30N6O3/c1-33-20-8-7-16(15-21(20)34-2)23-18-5-3-4-6-19(18)24(32)31(29-23)17-10-13-30(14-11-17)22-9-12-27-25(26)28-22/h3-4,7-9,12,15,17-19H,5-6,10-11,13-14H2,1-2H3,(H2,26,27,28)/t18-,19+/m0/s1. The number of carbonyl (C=O) groups is 1. The van der Waals surface area contributed by atoms with Crippen LogP contribution in [0, 0.1) is 11.8 Å². The van der Waals surface area contributed by atoms with Crippen LogP contribution in [0.3, 0.4) is 0 Å². The van der Waals surface area contributed by atoms with Gasteiger partial charge in [0, 0.05) is 30.8 Å². The lowest BCUT2D eigenvalue weighted by molar-refractivity contribution is -0.140. The minimum atomic E-state index is -0.0923. The monoisotopic (exact) mass is 462 g/mol. The minimum Gasteiger partial charge on any atom is -0.493 e. The Bertz CT molecular complexity index is 1130. The molecule has 2 atom stereocenters. The number of carbonyl (C=O) groups excluding carboxylic acids is 1. The third kappa shape index (κ3) is 4.06. The molecule has 178 valence electrons. The van der Waals surface area contributed by atoms with Gasteiger partial charge in [-0.15, -0.1) is 0 Å². The molecule has 0 radical (unpaired) electrons. The molecule has 0 saturated carbocycles. The summed E-state index contributed by atoms with van der Waals surface area (Å²) in [6.45, 7) is 1.56. The average Bonchev–Trinajstić information content (AvgIpc) is 2.89. The zero-order chi connectivity index (χ0) is 23.7. The lowest BCUT2D eigenvalue weighted by Crippen LogP contribution is -2.52. The molecule has 0 spiro atoms. The average molecular weight is 463 g/mol. The molecule has 1 aromatic heterocycles. The fourth-order valence-corrected chi connectivity index (χ4v) is 5.21. The maximum absolute atomic E-state index is 13.5. The number of fused-ring (bicyclic) bond motifs is 1. The highest BCUT2D eigenvalue weighted by Crippen LogP contribution is 2.38. The Balaban J connectivity index is 1.42. The number of piperidine rings is 1. The number of benzene rings is 1. The molecule has 2 aromatic rings. The molecule has 34 heavy (non-hydrogen) atoms. The van der Waals surface area contributed by atoms with Crippen LogP contribution >= 0.6 is 0 Å². The summed E-state index contributed by atoms with van der Waals surface area (Å²) in [5.74, 6) is 2.53. The van der Waals surface area contributed by atoms with Gasteiger partial charge in [0.1, 0.15) is 5.82 Å². The van der Waals surface area contributed by atoms with Gasteiger partial charge in [-0.25, -0.2) is 9.99 Å². The van der Waals surface area contributed by atoms with Gasteiger partial charge in [-0.2, -0.15) is 10.1 Å². The maximum atomic E-state index is 13.5. The molecule has 5 rings (SSSR count). The van der Waals surface area contributed by atoms with Gasteiger partial charge in [-0.3, -0.25) is 4.79 Å². The van der Waals surface area contributed by atoms with Crippen LogP contribution in [0.2, 0.25) is 0 Å². The highest BCUT2D eigenvalue weighted by Gasteiger charge is 2.43. The fraction of sp³-hybridized carbons (Fsp3) is 0.440.